The van der Waals surface area contributed by atoms with Gasteiger partial charge in [-0.05, 0) is 35.9 Å². The van der Waals surface area contributed by atoms with E-state index >= 15 is 0 Å². The molecule has 3 aromatic rings. The van der Waals surface area contributed by atoms with Gasteiger partial charge in [-0.25, -0.2) is 4.79 Å². The minimum Gasteiger partial charge on any atom is -0.352 e. The molecule has 0 bridgehead atoms. The Morgan fingerprint density at radius 3 is 2.42 bits per heavy atom. The standard InChI is InChI=1S/C22H24N6O3/c29-20(10-12-23-22(31)27-18-7-2-1-3-8-18)24-15-17-6-4-9-19(14-17)26-21(30)16-28-13-5-11-25-28/h1-9,11,13-14H,10,12,15-16H2,(H,24,29)(H,26,30)(H2,23,27,31). The van der Waals surface area contributed by atoms with Crippen molar-refractivity contribution in [3.05, 3.63) is 78.6 Å². The lowest BCUT2D eigenvalue weighted by atomic mass is 10.2. The fourth-order valence-corrected chi connectivity index (χ4v) is 2.78. The molecule has 0 aliphatic heterocycles. The summed E-state index contributed by atoms with van der Waals surface area (Å²) in [4.78, 5) is 35.9. The van der Waals surface area contributed by atoms with E-state index in [2.05, 4.69) is 26.4 Å². The van der Waals surface area contributed by atoms with Gasteiger partial charge in [0.15, 0.2) is 0 Å². The van der Waals surface area contributed by atoms with Gasteiger partial charge in [0, 0.05) is 43.3 Å². The smallest absolute Gasteiger partial charge is 0.319 e. The highest BCUT2D eigenvalue weighted by Gasteiger charge is 2.07. The first-order valence-electron chi connectivity index (χ1n) is 9.81. The third-order valence-electron chi connectivity index (χ3n) is 4.23. The fourth-order valence-electron chi connectivity index (χ4n) is 2.78. The maximum absolute atomic E-state index is 12.1. The summed E-state index contributed by atoms with van der Waals surface area (Å²) in [7, 11) is 0. The fraction of sp³-hybridized carbons (Fsp3) is 0.182. The molecular weight excluding hydrogens is 396 g/mol. The first kappa shape index (κ1) is 21.6. The number of amides is 4. The molecule has 0 unspecified atom stereocenters. The van der Waals surface area contributed by atoms with Gasteiger partial charge in [-0.2, -0.15) is 5.10 Å². The molecule has 9 nitrogen and oxygen atoms in total. The number of rotatable bonds is 9. The van der Waals surface area contributed by atoms with Gasteiger partial charge in [-0.15, -0.1) is 0 Å². The molecular formula is C22H24N6O3. The second-order valence-electron chi connectivity index (χ2n) is 6.73. The highest BCUT2D eigenvalue weighted by Crippen LogP contribution is 2.11. The number of hydrogen-bond acceptors (Lipinski definition) is 4. The van der Waals surface area contributed by atoms with Crippen LogP contribution in [0.15, 0.2) is 73.1 Å². The molecule has 0 aliphatic carbocycles. The number of benzene rings is 2. The zero-order valence-corrected chi connectivity index (χ0v) is 16.9. The summed E-state index contributed by atoms with van der Waals surface area (Å²) in [5.41, 5.74) is 2.17. The Balaban J connectivity index is 1.36. The number of nitrogens with one attached hydrogen (secondary N) is 4. The van der Waals surface area contributed by atoms with Gasteiger partial charge in [0.2, 0.25) is 11.8 Å². The Bertz CT molecular complexity index is 1010. The van der Waals surface area contributed by atoms with Crippen molar-refractivity contribution in [3.63, 3.8) is 0 Å². The SMILES string of the molecule is O=C(CCNC(=O)Nc1ccccc1)NCc1cccc(NC(=O)Cn2cccn2)c1. The molecule has 0 radical (unpaired) electrons. The van der Waals surface area contributed by atoms with E-state index < -0.39 is 0 Å². The maximum Gasteiger partial charge on any atom is 0.319 e. The molecule has 3 rings (SSSR count). The minimum absolute atomic E-state index is 0.124. The summed E-state index contributed by atoms with van der Waals surface area (Å²) in [6.07, 6.45) is 3.48. The van der Waals surface area contributed by atoms with E-state index in [-0.39, 0.29) is 37.4 Å². The highest BCUT2D eigenvalue weighted by atomic mass is 16.2. The first-order chi connectivity index (χ1) is 15.1. The Morgan fingerprint density at radius 2 is 1.65 bits per heavy atom. The zero-order chi connectivity index (χ0) is 21.9. The Labute approximate surface area is 179 Å². The maximum atomic E-state index is 12.1. The van der Waals surface area contributed by atoms with Crippen LogP contribution >= 0.6 is 0 Å². The average molecular weight is 420 g/mol. The lowest BCUT2D eigenvalue weighted by Crippen LogP contribution is -2.33. The molecule has 2 aromatic carbocycles. The van der Waals surface area contributed by atoms with E-state index in [0.717, 1.165) is 5.56 Å². The van der Waals surface area contributed by atoms with Crippen LogP contribution in [-0.2, 0) is 22.7 Å². The molecule has 9 heteroatoms. The number of urea groups is 1. The molecule has 4 amide bonds. The third-order valence-corrected chi connectivity index (χ3v) is 4.23. The Hall–Kier alpha value is -4.14. The number of hydrogen-bond donors (Lipinski definition) is 4. The van der Waals surface area contributed by atoms with Crippen LogP contribution in [0.1, 0.15) is 12.0 Å². The summed E-state index contributed by atoms with van der Waals surface area (Å²) in [5, 5.41) is 14.9. The predicted molar refractivity (Wildman–Crippen MR) is 117 cm³/mol. The number of aromatic nitrogens is 2. The lowest BCUT2D eigenvalue weighted by molar-refractivity contribution is -0.121. The van der Waals surface area contributed by atoms with Crippen molar-refractivity contribution < 1.29 is 14.4 Å². The van der Waals surface area contributed by atoms with Crippen molar-refractivity contribution in [1.29, 1.82) is 0 Å². The topological polar surface area (TPSA) is 117 Å². The average Bonchev–Trinajstić information content (AvgIpc) is 3.26. The van der Waals surface area contributed by atoms with Crippen LogP contribution in [0.3, 0.4) is 0 Å². The number of nitrogens with zero attached hydrogens (tertiary/aromatic N) is 2. The third kappa shape index (κ3) is 7.65. The van der Waals surface area contributed by atoms with Crippen molar-refractivity contribution in [2.45, 2.75) is 19.5 Å². The van der Waals surface area contributed by atoms with Gasteiger partial charge >= 0.3 is 6.03 Å². The molecule has 0 spiro atoms. The van der Waals surface area contributed by atoms with Gasteiger partial charge in [-0.3, -0.25) is 14.3 Å². The molecule has 0 fully saturated rings. The number of para-hydroxylation sites is 1. The van der Waals surface area contributed by atoms with Crippen LogP contribution in [0, 0.1) is 0 Å². The monoisotopic (exact) mass is 420 g/mol. The summed E-state index contributed by atoms with van der Waals surface area (Å²) < 4.78 is 1.54. The van der Waals surface area contributed by atoms with E-state index in [1.54, 1.807) is 48.8 Å². The van der Waals surface area contributed by atoms with Crippen LogP contribution in [-0.4, -0.2) is 34.2 Å². The Morgan fingerprint density at radius 1 is 0.839 bits per heavy atom. The predicted octanol–water partition coefficient (Wildman–Crippen LogP) is 2.35. The number of anilines is 2. The zero-order valence-electron chi connectivity index (χ0n) is 16.9. The molecule has 4 N–H and O–H groups in total. The number of carbonyl (C=O) groups is 3. The molecule has 0 saturated carbocycles. The quantitative estimate of drug-likeness (QED) is 0.425. The summed E-state index contributed by atoms with van der Waals surface area (Å²) >= 11 is 0. The summed E-state index contributed by atoms with van der Waals surface area (Å²) in [6, 6.07) is 17.7. The first-order valence-corrected chi connectivity index (χ1v) is 9.81. The molecule has 0 saturated heterocycles. The largest absolute Gasteiger partial charge is 0.352 e. The second kappa shape index (κ2) is 11.1. The molecule has 160 valence electrons. The van der Waals surface area contributed by atoms with E-state index in [9.17, 15) is 14.4 Å². The summed E-state index contributed by atoms with van der Waals surface area (Å²) in [5.74, 6) is -0.377. The highest BCUT2D eigenvalue weighted by molar-refractivity contribution is 5.90. The molecule has 0 atom stereocenters. The van der Waals surface area contributed by atoms with Crippen molar-refractivity contribution in [2.75, 3.05) is 17.2 Å². The number of carbonyl (C=O) groups excluding carboxylic acids is 3. The van der Waals surface area contributed by atoms with E-state index in [1.807, 2.05) is 24.3 Å². The van der Waals surface area contributed by atoms with Gasteiger partial charge < -0.3 is 21.3 Å². The van der Waals surface area contributed by atoms with Crippen LogP contribution < -0.4 is 21.3 Å². The van der Waals surface area contributed by atoms with Crippen LogP contribution in [0.5, 0.6) is 0 Å². The normalized spacial score (nSPS) is 10.2. The lowest BCUT2D eigenvalue weighted by Gasteiger charge is -2.10. The molecule has 0 aliphatic rings. The molecule has 1 heterocycles. The van der Waals surface area contributed by atoms with Gasteiger partial charge in [0.1, 0.15) is 6.54 Å². The summed E-state index contributed by atoms with van der Waals surface area (Å²) in [6.45, 7) is 0.657. The van der Waals surface area contributed by atoms with E-state index in [0.29, 0.717) is 17.9 Å². The Kier molecular flexibility index (Phi) is 7.76. The van der Waals surface area contributed by atoms with Crippen LogP contribution in [0.4, 0.5) is 16.2 Å². The van der Waals surface area contributed by atoms with Crippen molar-refractivity contribution in [2.24, 2.45) is 0 Å². The minimum atomic E-state index is -0.363. The van der Waals surface area contributed by atoms with Crippen molar-refractivity contribution >= 4 is 29.2 Å². The van der Waals surface area contributed by atoms with Crippen molar-refractivity contribution in [3.8, 4) is 0 Å². The van der Waals surface area contributed by atoms with Crippen molar-refractivity contribution in [1.82, 2.24) is 20.4 Å². The van der Waals surface area contributed by atoms with Crippen LogP contribution in [0.25, 0.3) is 0 Å². The molecule has 1 aromatic heterocycles. The van der Waals surface area contributed by atoms with Crippen LogP contribution in [0.2, 0.25) is 0 Å². The molecule has 31 heavy (non-hydrogen) atoms. The van der Waals surface area contributed by atoms with Gasteiger partial charge in [0.05, 0.1) is 0 Å². The van der Waals surface area contributed by atoms with E-state index in [1.165, 1.54) is 4.68 Å². The van der Waals surface area contributed by atoms with Gasteiger partial charge in [0.25, 0.3) is 0 Å². The second-order valence-corrected chi connectivity index (χ2v) is 6.73. The van der Waals surface area contributed by atoms with Gasteiger partial charge in [-0.1, -0.05) is 30.3 Å². The van der Waals surface area contributed by atoms with E-state index in [4.69, 9.17) is 0 Å².